The zero-order chi connectivity index (χ0) is 8.10. The highest BCUT2D eigenvalue weighted by Crippen LogP contribution is 2.07. The molecule has 0 bridgehead atoms. The van der Waals surface area contributed by atoms with Crippen LogP contribution < -0.4 is 4.74 Å². The third-order valence-electron chi connectivity index (χ3n) is 0.911. The maximum absolute atomic E-state index is 9.98. The van der Waals surface area contributed by atoms with Gasteiger partial charge in [-0.05, 0) is 15.9 Å². The van der Waals surface area contributed by atoms with Crippen molar-refractivity contribution in [3.05, 3.63) is 16.9 Å². The smallest absolute Gasteiger partial charge is 0.316 e. The molecule has 1 heterocycles. The maximum atomic E-state index is 9.98. The van der Waals surface area contributed by atoms with Crippen molar-refractivity contribution in [2.45, 2.75) is 0 Å². The molecule has 59 valence electrons. The van der Waals surface area contributed by atoms with Crippen molar-refractivity contribution in [2.24, 2.45) is 0 Å². The van der Waals surface area contributed by atoms with Gasteiger partial charge in [0.15, 0.2) is 0 Å². The Morgan fingerprint density at radius 3 is 2.64 bits per heavy atom. The lowest BCUT2D eigenvalue weighted by Crippen LogP contribution is -2.03. The van der Waals surface area contributed by atoms with Crippen molar-refractivity contribution in [3.63, 3.8) is 0 Å². The van der Waals surface area contributed by atoms with E-state index in [1.54, 1.807) is 12.4 Å². The minimum atomic E-state index is -0.278. The molecule has 1 aromatic heterocycles. The van der Waals surface area contributed by atoms with Crippen LogP contribution in [0.15, 0.2) is 16.9 Å². The Bertz CT molecular complexity index is 214. The van der Waals surface area contributed by atoms with Gasteiger partial charge in [-0.2, -0.15) is 0 Å². The molecule has 0 spiro atoms. The van der Waals surface area contributed by atoms with Gasteiger partial charge in [0.25, 0.3) is 0 Å². The summed E-state index contributed by atoms with van der Waals surface area (Å²) in [5.41, 5.74) is 0. The van der Waals surface area contributed by atoms with Crippen LogP contribution in [0.25, 0.3) is 0 Å². The lowest BCUT2D eigenvalue weighted by atomic mass is 10.7. The quantitative estimate of drug-likeness (QED) is 0.761. The molecule has 0 amide bonds. The summed E-state index contributed by atoms with van der Waals surface area (Å²) >= 11 is 3.17. The molecule has 1 radical (unpaired) electrons. The van der Waals surface area contributed by atoms with Gasteiger partial charge in [0, 0.05) is 12.4 Å². The Labute approximate surface area is 72.4 Å². The van der Waals surface area contributed by atoms with E-state index in [9.17, 15) is 5.11 Å². The minimum Gasteiger partial charge on any atom is -0.461 e. The highest BCUT2D eigenvalue weighted by Gasteiger charge is 1.94. The zero-order valence-corrected chi connectivity index (χ0v) is 7.24. The predicted molar refractivity (Wildman–Crippen MR) is 40.8 cm³/mol. The lowest BCUT2D eigenvalue weighted by molar-refractivity contribution is 0.132. The van der Waals surface area contributed by atoms with Crippen LogP contribution in [0.5, 0.6) is 6.01 Å². The molecule has 0 unspecified atom stereocenters. The van der Waals surface area contributed by atoms with E-state index >= 15 is 0 Å². The summed E-state index contributed by atoms with van der Waals surface area (Å²) in [6.07, 6.45) is 3.13. The monoisotopic (exact) mass is 217 g/mol. The summed E-state index contributed by atoms with van der Waals surface area (Å²) in [6, 6.07) is 0.240. The van der Waals surface area contributed by atoms with Crippen molar-refractivity contribution in [2.75, 3.05) is 13.2 Å². The summed E-state index contributed by atoms with van der Waals surface area (Å²) in [6.45, 7) is -0.166. The van der Waals surface area contributed by atoms with Crippen LogP contribution in [-0.4, -0.2) is 23.2 Å². The van der Waals surface area contributed by atoms with Gasteiger partial charge in [0.05, 0.1) is 4.47 Å². The van der Waals surface area contributed by atoms with Crippen LogP contribution in [0.1, 0.15) is 0 Å². The molecule has 0 saturated heterocycles. The second-order valence-electron chi connectivity index (χ2n) is 1.74. The van der Waals surface area contributed by atoms with Gasteiger partial charge >= 0.3 is 6.01 Å². The first-order valence-electron chi connectivity index (χ1n) is 3.01. The highest BCUT2D eigenvalue weighted by atomic mass is 79.9. The fourth-order valence-corrected chi connectivity index (χ4v) is 0.713. The molecular formula is C6H6BrN2O2. The van der Waals surface area contributed by atoms with E-state index in [-0.39, 0.29) is 19.2 Å². The molecule has 0 atom stereocenters. The Hall–Kier alpha value is -0.680. The normalized spacial score (nSPS) is 9.64. The van der Waals surface area contributed by atoms with Gasteiger partial charge in [-0.15, -0.1) is 0 Å². The van der Waals surface area contributed by atoms with E-state index in [1.807, 2.05) is 0 Å². The van der Waals surface area contributed by atoms with Crippen molar-refractivity contribution >= 4 is 15.9 Å². The first kappa shape index (κ1) is 8.42. The first-order chi connectivity index (χ1) is 5.33. The number of aromatic nitrogens is 2. The second kappa shape index (κ2) is 4.25. The van der Waals surface area contributed by atoms with Gasteiger partial charge in [-0.3, -0.25) is 0 Å². The van der Waals surface area contributed by atoms with Crippen molar-refractivity contribution in [1.29, 1.82) is 0 Å². The Morgan fingerprint density at radius 1 is 1.45 bits per heavy atom. The zero-order valence-electron chi connectivity index (χ0n) is 5.66. The number of halogens is 1. The summed E-state index contributed by atoms with van der Waals surface area (Å²) in [4.78, 5) is 7.59. The van der Waals surface area contributed by atoms with Crippen LogP contribution >= 0.6 is 15.9 Å². The molecule has 1 rings (SSSR count). The molecule has 0 aromatic carbocycles. The van der Waals surface area contributed by atoms with Crippen LogP contribution in [0.4, 0.5) is 0 Å². The van der Waals surface area contributed by atoms with Crippen LogP contribution in [-0.2, 0) is 5.11 Å². The average Bonchev–Trinajstić information content (AvgIpc) is 2.04. The maximum Gasteiger partial charge on any atom is 0.316 e. The fraction of sp³-hybridized carbons (Fsp3) is 0.333. The molecule has 0 aliphatic rings. The standard InChI is InChI=1S/C6H6BrN2O2/c7-5-3-8-6(9-4-5)11-2-1-10/h3-4H,1-2H2. The predicted octanol–water partition coefficient (Wildman–Crippen LogP) is 1.05. The van der Waals surface area contributed by atoms with E-state index in [2.05, 4.69) is 25.9 Å². The number of nitrogens with zero attached hydrogens (tertiary/aromatic N) is 2. The SMILES string of the molecule is [O]CCOc1ncc(Br)cn1. The highest BCUT2D eigenvalue weighted by molar-refractivity contribution is 9.10. The first-order valence-corrected chi connectivity index (χ1v) is 3.80. The fourth-order valence-electron chi connectivity index (χ4n) is 0.508. The molecule has 11 heavy (non-hydrogen) atoms. The molecule has 1 aromatic rings. The Morgan fingerprint density at radius 2 is 2.09 bits per heavy atom. The number of hydrogen-bond acceptors (Lipinski definition) is 3. The molecule has 0 saturated carbocycles. The molecule has 0 N–H and O–H groups in total. The van der Waals surface area contributed by atoms with E-state index in [4.69, 9.17) is 4.74 Å². The van der Waals surface area contributed by atoms with Gasteiger partial charge in [0.2, 0.25) is 0 Å². The average molecular weight is 218 g/mol. The van der Waals surface area contributed by atoms with E-state index in [0.717, 1.165) is 4.47 Å². The van der Waals surface area contributed by atoms with Crippen molar-refractivity contribution < 1.29 is 9.84 Å². The van der Waals surface area contributed by atoms with Crippen LogP contribution in [0.2, 0.25) is 0 Å². The molecule has 4 nitrogen and oxygen atoms in total. The second-order valence-corrected chi connectivity index (χ2v) is 2.65. The van der Waals surface area contributed by atoms with Crippen molar-refractivity contribution in [3.8, 4) is 6.01 Å². The third kappa shape index (κ3) is 2.81. The van der Waals surface area contributed by atoms with E-state index < -0.39 is 0 Å². The van der Waals surface area contributed by atoms with E-state index in [0.29, 0.717) is 0 Å². The molecule has 5 heteroatoms. The number of hydrogen-bond donors (Lipinski definition) is 0. The minimum absolute atomic E-state index is 0.113. The largest absolute Gasteiger partial charge is 0.461 e. The van der Waals surface area contributed by atoms with Crippen LogP contribution in [0.3, 0.4) is 0 Å². The number of ether oxygens (including phenoxy) is 1. The molecule has 0 aliphatic heterocycles. The summed E-state index contributed by atoms with van der Waals surface area (Å²) in [7, 11) is 0. The van der Waals surface area contributed by atoms with Crippen LogP contribution in [0, 0.1) is 0 Å². The van der Waals surface area contributed by atoms with Crippen molar-refractivity contribution in [1.82, 2.24) is 9.97 Å². The molecule has 0 aliphatic carbocycles. The van der Waals surface area contributed by atoms with Gasteiger partial charge in [-0.25, -0.2) is 15.1 Å². The summed E-state index contributed by atoms with van der Waals surface area (Å²) < 4.78 is 5.64. The van der Waals surface area contributed by atoms with E-state index in [1.165, 1.54) is 0 Å². The number of rotatable bonds is 3. The summed E-state index contributed by atoms with van der Waals surface area (Å²) in [5, 5.41) is 9.98. The topological polar surface area (TPSA) is 54.9 Å². The van der Waals surface area contributed by atoms with Gasteiger partial charge in [-0.1, -0.05) is 0 Å². The molecule has 0 fully saturated rings. The van der Waals surface area contributed by atoms with Gasteiger partial charge in [0.1, 0.15) is 13.2 Å². The Balaban J connectivity index is 2.52. The third-order valence-corrected chi connectivity index (χ3v) is 1.32. The lowest BCUT2D eigenvalue weighted by Gasteiger charge is -1.98. The Kier molecular flexibility index (Phi) is 3.25. The summed E-state index contributed by atoms with van der Waals surface area (Å²) in [5.74, 6) is 0. The molecular weight excluding hydrogens is 212 g/mol. The van der Waals surface area contributed by atoms with Gasteiger partial charge < -0.3 is 4.74 Å².